The average Bonchev–Trinajstić information content (AvgIpc) is 2.97. The minimum Gasteiger partial charge on any atom is -0.478 e. The third-order valence-corrected chi connectivity index (χ3v) is 4.30. The smallest absolute Gasteiger partial charge is 0.189 e. The van der Waals surface area contributed by atoms with Crippen molar-refractivity contribution in [2.24, 2.45) is 10.4 Å². The summed E-state index contributed by atoms with van der Waals surface area (Å²) in [6, 6.07) is 15.0. The lowest BCUT2D eigenvalue weighted by Crippen LogP contribution is -2.23. The predicted octanol–water partition coefficient (Wildman–Crippen LogP) is 4.75. The molecule has 0 saturated heterocycles. The van der Waals surface area contributed by atoms with Crippen LogP contribution in [0, 0.1) is 5.41 Å². The highest BCUT2D eigenvalue weighted by molar-refractivity contribution is 5.88. The van der Waals surface area contributed by atoms with Crippen LogP contribution < -0.4 is 0 Å². The Balaban J connectivity index is 2.01. The summed E-state index contributed by atoms with van der Waals surface area (Å²) in [5.41, 5.74) is 1.30. The number of benzene rings is 2. The summed E-state index contributed by atoms with van der Waals surface area (Å²) < 4.78 is 5.87. The van der Waals surface area contributed by atoms with Gasteiger partial charge in [-0.1, -0.05) is 63.2 Å². The van der Waals surface area contributed by atoms with E-state index in [9.17, 15) is 0 Å². The van der Waals surface area contributed by atoms with Gasteiger partial charge in [-0.25, -0.2) is 4.99 Å². The van der Waals surface area contributed by atoms with E-state index in [0.29, 0.717) is 6.61 Å². The number of rotatable bonds is 3. The summed E-state index contributed by atoms with van der Waals surface area (Å²) in [5.74, 6) is 0.901. The first-order valence-electron chi connectivity index (χ1n) is 7.30. The SMILES string of the molecule is CCC(C)(C)C1=NC(c2cccc3ccccc23)CO1. The lowest BCUT2D eigenvalue weighted by Gasteiger charge is -2.21. The molecule has 1 atom stereocenters. The molecule has 3 rings (SSSR count). The van der Waals surface area contributed by atoms with Crippen molar-refractivity contribution >= 4 is 16.7 Å². The molecule has 2 heteroatoms. The van der Waals surface area contributed by atoms with Crippen LogP contribution in [0.2, 0.25) is 0 Å². The molecule has 0 saturated carbocycles. The lowest BCUT2D eigenvalue weighted by atomic mass is 9.90. The zero-order valence-electron chi connectivity index (χ0n) is 12.4. The van der Waals surface area contributed by atoms with Crippen LogP contribution in [0.25, 0.3) is 10.8 Å². The zero-order chi connectivity index (χ0) is 14.2. The summed E-state index contributed by atoms with van der Waals surface area (Å²) in [6.07, 6.45) is 1.04. The summed E-state index contributed by atoms with van der Waals surface area (Å²) >= 11 is 0. The van der Waals surface area contributed by atoms with Gasteiger partial charge in [0.2, 0.25) is 0 Å². The van der Waals surface area contributed by atoms with Gasteiger partial charge in [0.05, 0.1) is 0 Å². The highest BCUT2D eigenvalue weighted by Gasteiger charge is 2.31. The Morgan fingerprint density at radius 3 is 2.70 bits per heavy atom. The molecule has 1 unspecified atom stereocenters. The van der Waals surface area contributed by atoms with Gasteiger partial charge >= 0.3 is 0 Å². The van der Waals surface area contributed by atoms with Crippen LogP contribution in [0.1, 0.15) is 38.8 Å². The molecule has 0 bridgehead atoms. The Kier molecular flexibility index (Phi) is 3.25. The van der Waals surface area contributed by atoms with Crippen LogP contribution in [0.3, 0.4) is 0 Å². The van der Waals surface area contributed by atoms with Crippen molar-refractivity contribution in [1.82, 2.24) is 0 Å². The van der Waals surface area contributed by atoms with Gasteiger partial charge in [-0.3, -0.25) is 0 Å². The van der Waals surface area contributed by atoms with Gasteiger partial charge in [0, 0.05) is 5.41 Å². The normalized spacial score (nSPS) is 18.9. The molecule has 0 aliphatic carbocycles. The van der Waals surface area contributed by atoms with Gasteiger partial charge in [-0.05, 0) is 22.8 Å². The van der Waals surface area contributed by atoms with E-state index in [2.05, 4.69) is 63.2 Å². The van der Waals surface area contributed by atoms with Crippen molar-refractivity contribution in [3.05, 3.63) is 48.0 Å². The number of fused-ring (bicyclic) bond motifs is 1. The fourth-order valence-electron chi connectivity index (χ4n) is 2.60. The van der Waals surface area contributed by atoms with Crippen LogP contribution in [0.15, 0.2) is 47.5 Å². The number of ether oxygens (including phenoxy) is 1. The lowest BCUT2D eigenvalue weighted by molar-refractivity contribution is 0.274. The molecule has 0 fully saturated rings. The molecule has 1 heterocycles. The van der Waals surface area contributed by atoms with Gasteiger partial charge in [-0.15, -0.1) is 0 Å². The summed E-state index contributed by atoms with van der Waals surface area (Å²) in [5, 5.41) is 2.55. The first kappa shape index (κ1) is 13.2. The average molecular weight is 267 g/mol. The number of aliphatic imine (C=N–C) groups is 1. The molecule has 2 aromatic carbocycles. The fourth-order valence-corrected chi connectivity index (χ4v) is 2.60. The molecule has 1 aliphatic rings. The van der Waals surface area contributed by atoms with E-state index in [-0.39, 0.29) is 11.5 Å². The molecule has 0 amide bonds. The third kappa shape index (κ3) is 2.20. The Hall–Kier alpha value is -1.83. The highest BCUT2D eigenvalue weighted by Crippen LogP contribution is 2.34. The van der Waals surface area contributed by atoms with E-state index in [0.717, 1.165) is 12.3 Å². The Morgan fingerprint density at radius 2 is 1.90 bits per heavy atom. The Morgan fingerprint density at radius 1 is 1.15 bits per heavy atom. The van der Waals surface area contributed by atoms with E-state index < -0.39 is 0 Å². The predicted molar refractivity (Wildman–Crippen MR) is 84.1 cm³/mol. The van der Waals surface area contributed by atoms with Crippen molar-refractivity contribution in [3.63, 3.8) is 0 Å². The van der Waals surface area contributed by atoms with E-state index >= 15 is 0 Å². The van der Waals surface area contributed by atoms with Gasteiger partial charge in [-0.2, -0.15) is 0 Å². The second-order valence-corrected chi connectivity index (χ2v) is 6.07. The number of nitrogens with zero attached hydrogens (tertiary/aromatic N) is 1. The van der Waals surface area contributed by atoms with Crippen molar-refractivity contribution in [2.45, 2.75) is 33.2 Å². The molecule has 0 aromatic heterocycles. The minimum absolute atomic E-state index is 0.0271. The molecule has 104 valence electrons. The van der Waals surface area contributed by atoms with Gasteiger partial charge in [0.15, 0.2) is 5.90 Å². The van der Waals surface area contributed by atoms with E-state index in [4.69, 9.17) is 9.73 Å². The molecule has 2 nitrogen and oxygen atoms in total. The summed E-state index contributed by atoms with van der Waals surface area (Å²) in [6.45, 7) is 7.22. The standard InChI is InChI=1S/C18H21NO/c1-4-18(2,3)17-19-16(12-20-17)15-11-7-9-13-8-5-6-10-14(13)15/h5-11,16H,4,12H2,1-3H3. The van der Waals surface area contributed by atoms with Gasteiger partial charge in [0.1, 0.15) is 12.6 Å². The Labute approximate surface area is 120 Å². The van der Waals surface area contributed by atoms with Crippen LogP contribution >= 0.6 is 0 Å². The quantitative estimate of drug-likeness (QED) is 0.786. The van der Waals surface area contributed by atoms with Crippen LogP contribution in [0.4, 0.5) is 0 Å². The van der Waals surface area contributed by atoms with Crippen molar-refractivity contribution < 1.29 is 4.74 Å². The molecule has 20 heavy (non-hydrogen) atoms. The van der Waals surface area contributed by atoms with Crippen molar-refractivity contribution in [2.75, 3.05) is 6.61 Å². The molecule has 0 N–H and O–H groups in total. The zero-order valence-corrected chi connectivity index (χ0v) is 12.4. The highest BCUT2D eigenvalue weighted by atomic mass is 16.5. The molecule has 2 aromatic rings. The van der Waals surface area contributed by atoms with Gasteiger partial charge < -0.3 is 4.74 Å². The van der Waals surface area contributed by atoms with E-state index in [1.165, 1.54) is 16.3 Å². The van der Waals surface area contributed by atoms with Crippen LogP contribution in [-0.4, -0.2) is 12.5 Å². The maximum atomic E-state index is 5.87. The minimum atomic E-state index is 0.0271. The first-order chi connectivity index (χ1) is 9.62. The number of hydrogen-bond donors (Lipinski definition) is 0. The fraction of sp³-hybridized carbons (Fsp3) is 0.389. The van der Waals surface area contributed by atoms with E-state index in [1.54, 1.807) is 0 Å². The maximum absolute atomic E-state index is 5.87. The van der Waals surface area contributed by atoms with Crippen molar-refractivity contribution in [1.29, 1.82) is 0 Å². The maximum Gasteiger partial charge on any atom is 0.189 e. The van der Waals surface area contributed by atoms with Crippen molar-refractivity contribution in [3.8, 4) is 0 Å². The second-order valence-electron chi connectivity index (χ2n) is 6.07. The largest absolute Gasteiger partial charge is 0.478 e. The van der Waals surface area contributed by atoms with Crippen LogP contribution in [0.5, 0.6) is 0 Å². The van der Waals surface area contributed by atoms with E-state index in [1.807, 2.05) is 0 Å². The monoisotopic (exact) mass is 267 g/mol. The van der Waals surface area contributed by atoms with Gasteiger partial charge in [0.25, 0.3) is 0 Å². The Bertz CT molecular complexity index is 652. The molecule has 0 spiro atoms. The number of hydrogen-bond acceptors (Lipinski definition) is 2. The summed E-state index contributed by atoms with van der Waals surface area (Å²) in [7, 11) is 0. The summed E-state index contributed by atoms with van der Waals surface area (Å²) in [4.78, 5) is 4.85. The topological polar surface area (TPSA) is 21.6 Å². The molecule has 1 aliphatic heterocycles. The van der Waals surface area contributed by atoms with Crippen LogP contribution in [-0.2, 0) is 4.74 Å². The molecule has 0 radical (unpaired) electrons. The second kappa shape index (κ2) is 4.93. The first-order valence-corrected chi connectivity index (χ1v) is 7.30. The molecular weight excluding hydrogens is 246 g/mol. The molecular formula is C18H21NO. The third-order valence-electron chi connectivity index (χ3n) is 4.30.